The van der Waals surface area contributed by atoms with Gasteiger partial charge in [-0.3, -0.25) is 0 Å². The lowest BCUT2D eigenvalue weighted by molar-refractivity contribution is 0.479. The van der Waals surface area contributed by atoms with Crippen LogP contribution in [-0.2, 0) is 0 Å². The summed E-state index contributed by atoms with van der Waals surface area (Å²) in [4.78, 5) is 0.864. The normalized spacial score (nSPS) is 22.8. The van der Waals surface area contributed by atoms with E-state index in [1.165, 1.54) is 25.7 Å². The van der Waals surface area contributed by atoms with Crippen molar-refractivity contribution in [3.05, 3.63) is 29.6 Å². The summed E-state index contributed by atoms with van der Waals surface area (Å²) in [5, 5.41) is 3.61. The molecule has 1 heterocycles. The van der Waals surface area contributed by atoms with Gasteiger partial charge in [0, 0.05) is 10.9 Å². The van der Waals surface area contributed by atoms with E-state index in [2.05, 4.69) is 11.4 Å². The third kappa shape index (κ3) is 2.89. The molecule has 1 saturated carbocycles. The van der Waals surface area contributed by atoms with Gasteiger partial charge in [0.2, 0.25) is 0 Å². The van der Waals surface area contributed by atoms with Crippen LogP contribution in [-0.4, -0.2) is 12.3 Å². The quantitative estimate of drug-likeness (QED) is 0.803. The summed E-state index contributed by atoms with van der Waals surface area (Å²) in [5.74, 6) is 1.98. The molecule has 18 heavy (non-hydrogen) atoms. The van der Waals surface area contributed by atoms with Crippen molar-refractivity contribution in [1.82, 2.24) is 5.32 Å². The first-order valence-corrected chi connectivity index (χ1v) is 7.98. The first kappa shape index (κ1) is 12.5. The SMILES string of the molecule is Fc1cccc2c1SCCC2NCCCC1CC1. The van der Waals surface area contributed by atoms with Gasteiger partial charge in [0.05, 0.1) is 0 Å². The zero-order valence-electron chi connectivity index (χ0n) is 10.6. The highest BCUT2D eigenvalue weighted by molar-refractivity contribution is 7.99. The number of benzene rings is 1. The molecule has 1 aromatic carbocycles. The van der Waals surface area contributed by atoms with Gasteiger partial charge in [-0.2, -0.15) is 0 Å². The monoisotopic (exact) mass is 265 g/mol. The first-order chi connectivity index (χ1) is 8.84. The number of hydrogen-bond donors (Lipinski definition) is 1. The number of hydrogen-bond acceptors (Lipinski definition) is 2. The Hall–Kier alpha value is -0.540. The maximum absolute atomic E-state index is 13.7. The molecule has 2 aliphatic rings. The number of rotatable bonds is 5. The summed E-state index contributed by atoms with van der Waals surface area (Å²) in [6.45, 7) is 1.07. The van der Waals surface area contributed by atoms with Gasteiger partial charge in [-0.05, 0) is 49.1 Å². The van der Waals surface area contributed by atoms with Crippen molar-refractivity contribution in [3.63, 3.8) is 0 Å². The van der Waals surface area contributed by atoms with Gasteiger partial charge in [0.25, 0.3) is 0 Å². The number of thioether (sulfide) groups is 1. The second kappa shape index (κ2) is 5.62. The van der Waals surface area contributed by atoms with Gasteiger partial charge < -0.3 is 5.32 Å². The van der Waals surface area contributed by atoms with Crippen molar-refractivity contribution in [3.8, 4) is 0 Å². The molecule has 1 aliphatic heterocycles. The molecule has 1 fully saturated rings. The summed E-state index contributed by atoms with van der Waals surface area (Å²) in [7, 11) is 0. The predicted molar refractivity (Wildman–Crippen MR) is 74.4 cm³/mol. The molecule has 0 saturated heterocycles. The zero-order valence-corrected chi connectivity index (χ0v) is 11.4. The van der Waals surface area contributed by atoms with Crippen molar-refractivity contribution in [2.75, 3.05) is 12.3 Å². The average Bonchev–Trinajstić information content (AvgIpc) is 3.20. The highest BCUT2D eigenvalue weighted by Gasteiger charge is 2.23. The molecule has 3 rings (SSSR count). The smallest absolute Gasteiger partial charge is 0.137 e. The Morgan fingerprint density at radius 2 is 2.17 bits per heavy atom. The lowest BCUT2D eigenvalue weighted by Crippen LogP contribution is -2.26. The van der Waals surface area contributed by atoms with Gasteiger partial charge in [-0.25, -0.2) is 4.39 Å². The molecule has 1 aliphatic carbocycles. The van der Waals surface area contributed by atoms with E-state index in [-0.39, 0.29) is 5.82 Å². The fraction of sp³-hybridized carbons (Fsp3) is 0.600. The van der Waals surface area contributed by atoms with E-state index in [9.17, 15) is 4.39 Å². The second-order valence-corrected chi connectivity index (χ2v) is 6.49. The molecule has 0 aromatic heterocycles. The molecule has 1 nitrogen and oxygen atoms in total. The zero-order chi connectivity index (χ0) is 12.4. The third-order valence-corrected chi connectivity index (χ3v) is 5.06. The Labute approximate surface area is 113 Å². The largest absolute Gasteiger partial charge is 0.310 e. The van der Waals surface area contributed by atoms with E-state index >= 15 is 0 Å². The predicted octanol–water partition coefficient (Wildman–Crippen LogP) is 4.14. The van der Waals surface area contributed by atoms with Crippen LogP contribution in [0.2, 0.25) is 0 Å². The maximum atomic E-state index is 13.7. The molecular formula is C15H20FNS. The van der Waals surface area contributed by atoms with Crippen LogP contribution in [0, 0.1) is 11.7 Å². The first-order valence-electron chi connectivity index (χ1n) is 6.99. The molecule has 1 atom stereocenters. The lowest BCUT2D eigenvalue weighted by Gasteiger charge is -2.26. The number of nitrogens with one attached hydrogen (secondary N) is 1. The van der Waals surface area contributed by atoms with Crippen molar-refractivity contribution in [2.24, 2.45) is 5.92 Å². The standard InChI is InChI=1S/C15H20FNS/c16-13-5-1-4-12-14(8-10-18-15(12)13)17-9-2-3-11-6-7-11/h1,4-5,11,14,17H,2-3,6-10H2. The molecule has 1 aromatic rings. The van der Waals surface area contributed by atoms with Crippen LogP contribution in [0.5, 0.6) is 0 Å². The van der Waals surface area contributed by atoms with Crippen LogP contribution in [0.4, 0.5) is 4.39 Å². The molecule has 0 radical (unpaired) electrons. The molecule has 98 valence electrons. The molecule has 0 amide bonds. The van der Waals surface area contributed by atoms with Crippen molar-refractivity contribution >= 4 is 11.8 Å². The Kier molecular flexibility index (Phi) is 3.90. The van der Waals surface area contributed by atoms with E-state index in [1.807, 2.05) is 6.07 Å². The topological polar surface area (TPSA) is 12.0 Å². The summed E-state index contributed by atoms with van der Waals surface area (Å²) >= 11 is 1.66. The van der Waals surface area contributed by atoms with Crippen LogP contribution in [0.15, 0.2) is 23.1 Å². The molecule has 1 unspecified atom stereocenters. The van der Waals surface area contributed by atoms with Crippen LogP contribution in [0.3, 0.4) is 0 Å². The molecule has 0 spiro atoms. The Bertz CT molecular complexity index is 417. The van der Waals surface area contributed by atoms with Crippen molar-refractivity contribution in [1.29, 1.82) is 0 Å². The molecule has 1 N–H and O–H groups in total. The Morgan fingerprint density at radius 1 is 1.28 bits per heavy atom. The van der Waals surface area contributed by atoms with Gasteiger partial charge in [-0.15, -0.1) is 11.8 Å². The summed E-state index contributed by atoms with van der Waals surface area (Å²) in [6.07, 6.45) is 6.62. The van der Waals surface area contributed by atoms with E-state index in [4.69, 9.17) is 0 Å². The maximum Gasteiger partial charge on any atom is 0.137 e. The van der Waals surface area contributed by atoms with Gasteiger partial charge in [0.1, 0.15) is 5.82 Å². The minimum atomic E-state index is -0.0537. The number of halogens is 1. The van der Waals surface area contributed by atoms with Gasteiger partial charge >= 0.3 is 0 Å². The van der Waals surface area contributed by atoms with Crippen molar-refractivity contribution in [2.45, 2.75) is 43.0 Å². The Balaban J connectivity index is 1.58. The molecule has 0 bridgehead atoms. The second-order valence-electron chi connectivity index (χ2n) is 5.39. The van der Waals surface area contributed by atoms with Crippen molar-refractivity contribution < 1.29 is 4.39 Å². The minimum Gasteiger partial charge on any atom is -0.310 e. The van der Waals surface area contributed by atoms with Gasteiger partial charge in [0.15, 0.2) is 0 Å². The van der Waals surface area contributed by atoms with E-state index in [1.54, 1.807) is 17.8 Å². The molecule has 3 heteroatoms. The average molecular weight is 265 g/mol. The van der Waals surface area contributed by atoms with Gasteiger partial charge in [-0.1, -0.05) is 25.0 Å². The summed E-state index contributed by atoms with van der Waals surface area (Å²) in [6, 6.07) is 5.83. The highest BCUT2D eigenvalue weighted by atomic mass is 32.2. The lowest BCUT2D eigenvalue weighted by atomic mass is 10.0. The van der Waals surface area contributed by atoms with Crippen LogP contribution in [0.25, 0.3) is 0 Å². The molecular weight excluding hydrogens is 245 g/mol. The van der Waals surface area contributed by atoms with Crippen LogP contribution >= 0.6 is 11.8 Å². The van der Waals surface area contributed by atoms with E-state index in [0.29, 0.717) is 6.04 Å². The fourth-order valence-corrected chi connectivity index (χ4v) is 3.81. The van der Waals surface area contributed by atoms with E-state index < -0.39 is 0 Å². The summed E-state index contributed by atoms with van der Waals surface area (Å²) in [5.41, 5.74) is 1.16. The van der Waals surface area contributed by atoms with Crippen LogP contribution in [0.1, 0.15) is 43.7 Å². The third-order valence-electron chi connectivity index (χ3n) is 3.90. The van der Waals surface area contributed by atoms with Crippen LogP contribution < -0.4 is 5.32 Å². The highest BCUT2D eigenvalue weighted by Crippen LogP contribution is 2.38. The summed E-state index contributed by atoms with van der Waals surface area (Å²) < 4.78 is 13.7. The number of fused-ring (bicyclic) bond motifs is 1. The minimum absolute atomic E-state index is 0.0537. The van der Waals surface area contributed by atoms with E-state index in [0.717, 1.165) is 35.1 Å². The Morgan fingerprint density at radius 3 is 3.00 bits per heavy atom. The fourth-order valence-electron chi connectivity index (χ4n) is 2.67.